The monoisotopic (exact) mass is 299 g/mol. The maximum atomic E-state index is 5.60. The molecule has 1 aromatic carbocycles. The Morgan fingerprint density at radius 3 is 2.22 bits per heavy atom. The number of rotatable bonds is 3. The highest BCUT2D eigenvalue weighted by Crippen LogP contribution is 2.25. The minimum absolute atomic E-state index is 0.502. The molecule has 0 saturated heterocycles. The van der Waals surface area contributed by atoms with E-state index < -0.39 is 0 Å². The molecule has 0 spiro atoms. The summed E-state index contributed by atoms with van der Waals surface area (Å²) >= 11 is 0. The van der Waals surface area contributed by atoms with Gasteiger partial charge in [0, 0.05) is 11.8 Å². The van der Waals surface area contributed by atoms with E-state index in [-0.39, 0.29) is 0 Å². The average Bonchev–Trinajstić information content (AvgIpc) is 3.14. The molecule has 0 aliphatic carbocycles. The molecule has 0 N–H and O–H groups in total. The molecule has 0 amide bonds. The molecule has 0 unspecified atom stereocenters. The van der Waals surface area contributed by atoms with Crippen LogP contribution < -0.4 is 0 Å². The van der Waals surface area contributed by atoms with E-state index in [1.54, 1.807) is 12.5 Å². The summed E-state index contributed by atoms with van der Waals surface area (Å²) in [5.74, 6) is 0.502. The molecule has 4 nitrogen and oxygen atoms in total. The molecule has 0 bridgehead atoms. The van der Waals surface area contributed by atoms with Gasteiger partial charge in [-0.3, -0.25) is 4.98 Å². The van der Waals surface area contributed by atoms with Crippen molar-refractivity contribution in [3.8, 4) is 34.2 Å². The number of oxazole rings is 1. The van der Waals surface area contributed by atoms with Crippen LogP contribution in [-0.2, 0) is 0 Å². The first kappa shape index (κ1) is 13.4. The van der Waals surface area contributed by atoms with E-state index >= 15 is 0 Å². The van der Waals surface area contributed by atoms with Crippen LogP contribution in [0.15, 0.2) is 83.6 Å². The van der Waals surface area contributed by atoms with Gasteiger partial charge in [-0.2, -0.15) is 0 Å². The molecule has 0 aliphatic heterocycles. The van der Waals surface area contributed by atoms with E-state index in [2.05, 4.69) is 15.0 Å². The molecule has 4 aromatic rings. The minimum Gasteiger partial charge on any atom is -0.443 e. The van der Waals surface area contributed by atoms with Gasteiger partial charge >= 0.3 is 0 Å². The van der Waals surface area contributed by atoms with Crippen molar-refractivity contribution < 1.29 is 4.42 Å². The number of aromatic nitrogens is 3. The quantitative estimate of drug-likeness (QED) is 0.560. The van der Waals surface area contributed by atoms with Crippen LogP contribution in [-0.4, -0.2) is 15.0 Å². The molecule has 3 heterocycles. The van der Waals surface area contributed by atoms with Gasteiger partial charge in [0.1, 0.15) is 17.7 Å². The van der Waals surface area contributed by atoms with Crippen LogP contribution in [0.1, 0.15) is 0 Å². The number of pyridine rings is 2. The van der Waals surface area contributed by atoms with Crippen molar-refractivity contribution in [2.45, 2.75) is 0 Å². The fraction of sp³-hybridized carbons (Fsp3) is 0. The second-order valence-corrected chi connectivity index (χ2v) is 5.03. The molecule has 0 atom stereocenters. The molecule has 110 valence electrons. The predicted octanol–water partition coefficient (Wildman–Crippen LogP) is 4.47. The van der Waals surface area contributed by atoms with E-state index in [4.69, 9.17) is 4.42 Å². The summed E-state index contributed by atoms with van der Waals surface area (Å²) in [6.07, 6.45) is 3.40. The van der Waals surface area contributed by atoms with E-state index in [0.717, 1.165) is 22.6 Å². The fourth-order valence-corrected chi connectivity index (χ4v) is 2.34. The minimum atomic E-state index is 0.502. The third kappa shape index (κ3) is 2.74. The van der Waals surface area contributed by atoms with Gasteiger partial charge in [-0.1, -0.05) is 42.5 Å². The number of hydrogen-bond acceptors (Lipinski definition) is 4. The molecular weight excluding hydrogens is 286 g/mol. The van der Waals surface area contributed by atoms with E-state index in [1.807, 2.05) is 66.7 Å². The van der Waals surface area contributed by atoms with E-state index in [9.17, 15) is 0 Å². The van der Waals surface area contributed by atoms with Crippen molar-refractivity contribution in [2.75, 3.05) is 0 Å². The zero-order valence-electron chi connectivity index (χ0n) is 12.3. The fourth-order valence-electron chi connectivity index (χ4n) is 2.34. The van der Waals surface area contributed by atoms with Gasteiger partial charge in [0.2, 0.25) is 5.89 Å². The lowest BCUT2D eigenvalue weighted by Gasteiger charge is -2.01. The Bertz CT molecular complexity index is 918. The Morgan fingerprint density at radius 1 is 0.609 bits per heavy atom. The van der Waals surface area contributed by atoms with Gasteiger partial charge < -0.3 is 4.42 Å². The topological polar surface area (TPSA) is 51.8 Å². The summed E-state index contributed by atoms with van der Waals surface area (Å²) in [6, 6.07) is 21.4. The first-order chi connectivity index (χ1) is 11.4. The van der Waals surface area contributed by atoms with E-state index in [0.29, 0.717) is 11.6 Å². The van der Waals surface area contributed by atoms with Crippen LogP contribution >= 0.6 is 0 Å². The molecule has 4 heteroatoms. The first-order valence-corrected chi connectivity index (χ1v) is 7.30. The lowest BCUT2D eigenvalue weighted by Crippen LogP contribution is -1.89. The normalized spacial score (nSPS) is 10.6. The Kier molecular flexibility index (Phi) is 3.41. The lowest BCUT2D eigenvalue weighted by molar-refractivity contribution is 0.572. The maximum absolute atomic E-state index is 5.60. The van der Waals surface area contributed by atoms with Crippen LogP contribution in [0.2, 0.25) is 0 Å². The van der Waals surface area contributed by atoms with Crippen molar-refractivity contribution in [3.05, 3.63) is 79.2 Å². The summed E-state index contributed by atoms with van der Waals surface area (Å²) in [6.45, 7) is 0. The summed E-state index contributed by atoms with van der Waals surface area (Å²) in [5, 5.41) is 0. The largest absolute Gasteiger partial charge is 0.443 e. The van der Waals surface area contributed by atoms with Crippen LogP contribution in [0.5, 0.6) is 0 Å². The predicted molar refractivity (Wildman–Crippen MR) is 88.4 cm³/mol. The maximum Gasteiger partial charge on any atom is 0.245 e. The zero-order chi connectivity index (χ0) is 15.5. The van der Waals surface area contributed by atoms with Gasteiger partial charge in [-0.05, 0) is 24.3 Å². The van der Waals surface area contributed by atoms with Crippen molar-refractivity contribution in [1.29, 1.82) is 0 Å². The molecule has 23 heavy (non-hydrogen) atoms. The van der Waals surface area contributed by atoms with Crippen LogP contribution in [0.3, 0.4) is 0 Å². The summed E-state index contributed by atoms with van der Waals surface area (Å²) in [4.78, 5) is 13.5. The Balaban J connectivity index is 1.71. The molecule has 3 aromatic heterocycles. The molecule has 0 fully saturated rings. The molecular formula is C19H13N3O. The first-order valence-electron chi connectivity index (χ1n) is 7.30. The van der Waals surface area contributed by atoms with Crippen LogP contribution in [0, 0.1) is 0 Å². The van der Waals surface area contributed by atoms with Crippen molar-refractivity contribution >= 4 is 0 Å². The Morgan fingerprint density at radius 2 is 1.39 bits per heavy atom. The SMILES string of the molecule is c1ccc(-c2coc(-c3cccc(-c4ccccn4)n3)n2)cc1. The van der Waals surface area contributed by atoms with Crippen molar-refractivity contribution in [2.24, 2.45) is 0 Å². The molecule has 4 rings (SSSR count). The third-order valence-corrected chi connectivity index (χ3v) is 3.47. The van der Waals surface area contributed by atoms with Gasteiger partial charge in [0.25, 0.3) is 0 Å². The highest BCUT2D eigenvalue weighted by atomic mass is 16.3. The van der Waals surface area contributed by atoms with Crippen molar-refractivity contribution in [3.63, 3.8) is 0 Å². The summed E-state index contributed by atoms with van der Waals surface area (Å²) in [5.41, 5.74) is 4.12. The average molecular weight is 299 g/mol. The molecule has 0 aliphatic rings. The van der Waals surface area contributed by atoms with Crippen LogP contribution in [0.4, 0.5) is 0 Å². The van der Waals surface area contributed by atoms with Gasteiger partial charge in [0.05, 0.1) is 11.4 Å². The highest BCUT2D eigenvalue weighted by molar-refractivity contribution is 5.63. The van der Waals surface area contributed by atoms with Gasteiger partial charge in [-0.25, -0.2) is 9.97 Å². The second-order valence-electron chi connectivity index (χ2n) is 5.03. The smallest absolute Gasteiger partial charge is 0.245 e. The van der Waals surface area contributed by atoms with Gasteiger partial charge in [-0.15, -0.1) is 0 Å². The standard InChI is InChI=1S/C19H13N3O/c1-2-7-14(8-3-1)18-13-23-19(22-18)17-11-6-10-16(21-17)15-9-4-5-12-20-15/h1-13H. The highest BCUT2D eigenvalue weighted by Gasteiger charge is 2.10. The Labute approximate surface area is 133 Å². The number of hydrogen-bond donors (Lipinski definition) is 0. The summed E-state index contributed by atoms with van der Waals surface area (Å²) < 4.78 is 5.60. The number of nitrogens with zero attached hydrogens (tertiary/aromatic N) is 3. The van der Waals surface area contributed by atoms with E-state index in [1.165, 1.54) is 0 Å². The van der Waals surface area contributed by atoms with Crippen molar-refractivity contribution in [1.82, 2.24) is 15.0 Å². The molecule has 0 saturated carbocycles. The summed E-state index contributed by atoms with van der Waals surface area (Å²) in [7, 11) is 0. The molecule has 0 radical (unpaired) electrons. The van der Waals surface area contributed by atoms with Gasteiger partial charge in [0.15, 0.2) is 0 Å². The Hall–Kier alpha value is -3.27. The zero-order valence-corrected chi connectivity index (χ0v) is 12.3. The number of benzene rings is 1. The van der Waals surface area contributed by atoms with Crippen LogP contribution in [0.25, 0.3) is 34.2 Å². The third-order valence-electron chi connectivity index (χ3n) is 3.47. The second kappa shape index (κ2) is 5.85. The lowest BCUT2D eigenvalue weighted by atomic mass is 10.2.